The van der Waals surface area contributed by atoms with E-state index in [1.165, 1.54) is 24.3 Å². The van der Waals surface area contributed by atoms with Crippen molar-refractivity contribution >= 4 is 23.4 Å². The number of benzene rings is 1. The van der Waals surface area contributed by atoms with Crippen molar-refractivity contribution in [2.24, 2.45) is 0 Å². The zero-order valence-corrected chi connectivity index (χ0v) is 10.9. The van der Waals surface area contributed by atoms with Crippen molar-refractivity contribution in [3.8, 4) is 11.5 Å². The Labute approximate surface area is 117 Å². The van der Waals surface area contributed by atoms with Gasteiger partial charge < -0.3 is 9.52 Å². The number of rotatable bonds is 6. The summed E-state index contributed by atoms with van der Waals surface area (Å²) in [7, 11) is 0. The van der Waals surface area contributed by atoms with Crippen molar-refractivity contribution in [3.05, 3.63) is 34.4 Å². The van der Waals surface area contributed by atoms with Crippen LogP contribution < -0.4 is 0 Å². The average molecular weight is 295 g/mol. The number of carboxylic acid groups (broad SMARTS) is 1. The summed E-state index contributed by atoms with van der Waals surface area (Å²) in [5.74, 6) is -0.331. The van der Waals surface area contributed by atoms with Gasteiger partial charge in [-0.2, -0.15) is 0 Å². The first kappa shape index (κ1) is 14.0. The van der Waals surface area contributed by atoms with Gasteiger partial charge in [-0.25, -0.2) is 0 Å². The fourth-order valence-electron chi connectivity index (χ4n) is 1.34. The van der Waals surface area contributed by atoms with Crippen LogP contribution in [0.25, 0.3) is 11.5 Å². The summed E-state index contributed by atoms with van der Waals surface area (Å²) in [4.78, 5) is 20.4. The maximum absolute atomic E-state index is 10.5. The van der Waals surface area contributed by atoms with Gasteiger partial charge in [-0.1, -0.05) is 11.8 Å². The fourth-order valence-corrected chi connectivity index (χ4v) is 2.02. The van der Waals surface area contributed by atoms with Gasteiger partial charge in [0.05, 0.1) is 11.3 Å². The lowest BCUT2D eigenvalue weighted by molar-refractivity contribution is -0.384. The molecule has 104 valence electrons. The van der Waals surface area contributed by atoms with E-state index in [0.717, 1.165) is 11.8 Å². The predicted octanol–water partition coefficient (Wildman–Crippen LogP) is 2.21. The lowest BCUT2D eigenvalue weighted by atomic mass is 10.2. The lowest BCUT2D eigenvalue weighted by Gasteiger charge is -1.94. The van der Waals surface area contributed by atoms with Gasteiger partial charge in [0.15, 0.2) is 0 Å². The van der Waals surface area contributed by atoms with Crippen molar-refractivity contribution in [1.82, 2.24) is 10.2 Å². The minimum atomic E-state index is -0.896. The number of carbonyl (C=O) groups is 1. The number of nitro groups is 1. The van der Waals surface area contributed by atoms with Crippen LogP contribution in [0.1, 0.15) is 6.42 Å². The van der Waals surface area contributed by atoms with Crippen LogP contribution in [0.15, 0.2) is 33.9 Å². The normalized spacial score (nSPS) is 10.4. The summed E-state index contributed by atoms with van der Waals surface area (Å²) in [6.45, 7) is 0. The second-order valence-corrected chi connectivity index (χ2v) is 4.72. The number of hydrogen-bond acceptors (Lipinski definition) is 7. The number of aromatic nitrogens is 2. The zero-order chi connectivity index (χ0) is 14.5. The molecule has 20 heavy (non-hydrogen) atoms. The van der Waals surface area contributed by atoms with Gasteiger partial charge in [0.25, 0.3) is 10.9 Å². The monoisotopic (exact) mass is 295 g/mol. The summed E-state index contributed by atoms with van der Waals surface area (Å²) >= 11 is 1.14. The molecule has 8 nitrogen and oxygen atoms in total. The molecule has 0 bridgehead atoms. The molecule has 1 N–H and O–H groups in total. The topological polar surface area (TPSA) is 119 Å². The van der Waals surface area contributed by atoms with E-state index in [1.807, 2.05) is 0 Å². The summed E-state index contributed by atoms with van der Waals surface area (Å²) in [6, 6.07) is 5.71. The molecule has 0 saturated heterocycles. The maximum Gasteiger partial charge on any atom is 0.304 e. The SMILES string of the molecule is O=C(O)CCSc1nnc(-c2ccc([N+](=O)[O-])cc2)o1. The Morgan fingerprint density at radius 3 is 2.65 bits per heavy atom. The van der Waals surface area contributed by atoms with Gasteiger partial charge in [0.2, 0.25) is 5.89 Å². The number of non-ortho nitro benzene ring substituents is 1. The Balaban J connectivity index is 2.04. The second-order valence-electron chi connectivity index (χ2n) is 3.67. The van der Waals surface area contributed by atoms with E-state index in [2.05, 4.69) is 10.2 Å². The molecule has 0 aliphatic heterocycles. The third-order valence-electron chi connectivity index (χ3n) is 2.27. The fraction of sp³-hybridized carbons (Fsp3) is 0.182. The molecule has 0 aliphatic carbocycles. The van der Waals surface area contributed by atoms with Crippen LogP contribution in [0.5, 0.6) is 0 Å². The van der Waals surface area contributed by atoms with Crippen molar-refractivity contribution < 1.29 is 19.2 Å². The predicted molar refractivity (Wildman–Crippen MR) is 69.4 cm³/mol. The number of nitrogens with zero attached hydrogens (tertiary/aromatic N) is 3. The van der Waals surface area contributed by atoms with Gasteiger partial charge in [-0.3, -0.25) is 14.9 Å². The first-order valence-electron chi connectivity index (χ1n) is 5.49. The molecule has 0 amide bonds. The molecule has 0 aliphatic rings. The molecule has 0 spiro atoms. The molecule has 2 aromatic rings. The second kappa shape index (κ2) is 6.15. The smallest absolute Gasteiger partial charge is 0.304 e. The largest absolute Gasteiger partial charge is 0.481 e. The highest BCUT2D eigenvalue weighted by Gasteiger charge is 2.11. The van der Waals surface area contributed by atoms with Crippen LogP contribution in [0.2, 0.25) is 0 Å². The van der Waals surface area contributed by atoms with Crippen LogP contribution in [0, 0.1) is 10.1 Å². The van der Waals surface area contributed by atoms with E-state index in [0.29, 0.717) is 11.3 Å². The van der Waals surface area contributed by atoms with Gasteiger partial charge >= 0.3 is 5.97 Å². The molecular formula is C11H9N3O5S. The highest BCUT2D eigenvalue weighted by atomic mass is 32.2. The van der Waals surface area contributed by atoms with Gasteiger partial charge in [-0.05, 0) is 12.1 Å². The van der Waals surface area contributed by atoms with E-state index in [1.54, 1.807) is 0 Å². The molecule has 2 rings (SSSR count). The van der Waals surface area contributed by atoms with Crippen LogP contribution in [0.4, 0.5) is 5.69 Å². The van der Waals surface area contributed by atoms with Crippen LogP contribution in [0.3, 0.4) is 0 Å². The lowest BCUT2D eigenvalue weighted by Crippen LogP contribution is -1.95. The number of thioether (sulfide) groups is 1. The molecule has 1 heterocycles. The summed E-state index contributed by atoms with van der Waals surface area (Å²) in [6.07, 6.45) is -0.0000876. The van der Waals surface area contributed by atoms with Crippen LogP contribution in [-0.2, 0) is 4.79 Å². The molecule has 0 unspecified atom stereocenters. The third kappa shape index (κ3) is 3.54. The maximum atomic E-state index is 10.5. The Kier molecular flexibility index (Phi) is 4.31. The van der Waals surface area contributed by atoms with E-state index in [9.17, 15) is 14.9 Å². The first-order valence-corrected chi connectivity index (χ1v) is 6.48. The average Bonchev–Trinajstić information content (AvgIpc) is 2.87. The summed E-state index contributed by atoms with van der Waals surface area (Å²) in [5, 5.41) is 26.9. The molecule has 1 aromatic heterocycles. The quantitative estimate of drug-likeness (QED) is 0.489. The standard InChI is InChI=1S/C11H9N3O5S/c15-9(16)5-6-20-11-13-12-10(19-11)7-1-3-8(4-2-7)14(17)18/h1-4H,5-6H2,(H,15,16). The minimum Gasteiger partial charge on any atom is -0.481 e. The number of aliphatic carboxylic acids is 1. The number of carboxylic acids is 1. The van der Waals surface area contributed by atoms with Crippen molar-refractivity contribution in [2.75, 3.05) is 5.75 Å². The third-order valence-corrected chi connectivity index (χ3v) is 3.09. The van der Waals surface area contributed by atoms with Gasteiger partial charge in [0.1, 0.15) is 0 Å². The van der Waals surface area contributed by atoms with E-state index >= 15 is 0 Å². The highest BCUT2D eigenvalue weighted by molar-refractivity contribution is 7.99. The van der Waals surface area contributed by atoms with Crippen molar-refractivity contribution in [2.45, 2.75) is 11.6 Å². The highest BCUT2D eigenvalue weighted by Crippen LogP contribution is 2.25. The molecule has 0 fully saturated rings. The number of hydrogen-bond donors (Lipinski definition) is 1. The molecule has 0 atom stereocenters. The molecule has 0 saturated carbocycles. The minimum absolute atomic E-state index is 0.0000876. The Bertz CT molecular complexity index is 625. The Morgan fingerprint density at radius 1 is 1.35 bits per heavy atom. The number of nitro benzene ring substituents is 1. The van der Waals surface area contributed by atoms with E-state index in [-0.39, 0.29) is 23.2 Å². The van der Waals surface area contributed by atoms with Crippen molar-refractivity contribution in [3.63, 3.8) is 0 Å². The van der Waals surface area contributed by atoms with Gasteiger partial charge in [0, 0.05) is 23.4 Å². The summed E-state index contributed by atoms with van der Waals surface area (Å²) < 4.78 is 5.33. The molecule has 9 heteroatoms. The summed E-state index contributed by atoms with van der Waals surface area (Å²) in [5.41, 5.74) is 0.539. The molecule has 0 radical (unpaired) electrons. The van der Waals surface area contributed by atoms with E-state index < -0.39 is 10.9 Å². The first-order chi connectivity index (χ1) is 9.56. The van der Waals surface area contributed by atoms with Crippen LogP contribution in [-0.4, -0.2) is 31.9 Å². The molecule has 1 aromatic carbocycles. The Hall–Kier alpha value is -2.42. The van der Waals surface area contributed by atoms with Gasteiger partial charge in [-0.15, -0.1) is 10.2 Å². The molecular weight excluding hydrogens is 286 g/mol. The Morgan fingerprint density at radius 2 is 2.05 bits per heavy atom. The zero-order valence-electron chi connectivity index (χ0n) is 10.1. The van der Waals surface area contributed by atoms with E-state index in [4.69, 9.17) is 9.52 Å². The van der Waals surface area contributed by atoms with Crippen molar-refractivity contribution in [1.29, 1.82) is 0 Å². The van der Waals surface area contributed by atoms with Crippen LogP contribution >= 0.6 is 11.8 Å².